The molecular weight excluding hydrogens is 427 g/mol. The Morgan fingerprint density at radius 2 is 1.88 bits per heavy atom. The van der Waals surface area contributed by atoms with Gasteiger partial charge in [0.1, 0.15) is 18.2 Å². The van der Waals surface area contributed by atoms with E-state index < -0.39 is 5.97 Å². The number of hydrogen-bond donors (Lipinski definition) is 1. The van der Waals surface area contributed by atoms with Crippen molar-refractivity contribution in [2.24, 2.45) is 5.92 Å². The predicted molar refractivity (Wildman–Crippen MR) is 132 cm³/mol. The molecule has 34 heavy (non-hydrogen) atoms. The van der Waals surface area contributed by atoms with Crippen molar-refractivity contribution < 1.29 is 19.0 Å². The summed E-state index contributed by atoms with van der Waals surface area (Å²) in [7, 11) is 0. The molecule has 0 bridgehead atoms. The fourth-order valence-corrected chi connectivity index (χ4v) is 5.59. The van der Waals surface area contributed by atoms with Gasteiger partial charge in [0.2, 0.25) is 0 Å². The summed E-state index contributed by atoms with van der Waals surface area (Å²) in [4.78, 5) is 11.6. The van der Waals surface area contributed by atoms with Crippen molar-refractivity contribution >= 4 is 5.97 Å². The number of fused-ring (bicyclic) bond motifs is 2. The Balaban J connectivity index is 1.43. The topological polar surface area (TPSA) is 46.5 Å². The second kappa shape index (κ2) is 7.97. The molecule has 3 aromatic carbocycles. The third-order valence-corrected chi connectivity index (χ3v) is 7.54. The summed E-state index contributed by atoms with van der Waals surface area (Å²) in [6, 6.07) is 17.5. The van der Waals surface area contributed by atoms with E-state index in [1.54, 1.807) is 6.07 Å². The number of halogens is 1. The summed E-state index contributed by atoms with van der Waals surface area (Å²) < 4.78 is 21.0. The minimum absolute atomic E-state index is 0.135. The van der Waals surface area contributed by atoms with Crippen LogP contribution in [0.4, 0.5) is 4.39 Å². The van der Waals surface area contributed by atoms with Gasteiger partial charge in [0.05, 0.1) is 5.92 Å². The van der Waals surface area contributed by atoms with E-state index >= 15 is 0 Å². The van der Waals surface area contributed by atoms with E-state index in [0.717, 1.165) is 52.8 Å². The number of carbonyl (C=O) groups is 1. The molecule has 0 unspecified atom stereocenters. The molecular formula is C30H31FO3. The van der Waals surface area contributed by atoms with Crippen molar-refractivity contribution in [3.63, 3.8) is 0 Å². The molecule has 1 N–H and O–H groups in total. The van der Waals surface area contributed by atoms with Crippen molar-refractivity contribution in [2.45, 2.75) is 64.4 Å². The normalized spacial score (nSPS) is 20.9. The molecule has 1 saturated carbocycles. The van der Waals surface area contributed by atoms with Gasteiger partial charge in [-0.1, -0.05) is 50.6 Å². The smallest absolute Gasteiger partial charge is 0.307 e. The first-order valence-electron chi connectivity index (χ1n) is 12.0. The van der Waals surface area contributed by atoms with Crippen molar-refractivity contribution in [1.29, 1.82) is 0 Å². The molecule has 3 nitrogen and oxygen atoms in total. The molecule has 0 aliphatic heterocycles. The zero-order chi connectivity index (χ0) is 24.3. The summed E-state index contributed by atoms with van der Waals surface area (Å²) >= 11 is 0. The standard InChI is InChI=1S/C30H31FO3/c1-18-5-10-27(31)23(13-18)22-14-19(6-9-24(22)29(2,3)4)17-34-21-8-7-20-11-12-30(25(20)15-21)16-26(30)28(32)33/h5-10,13-15,26H,11-12,16-17H2,1-4H3,(H,32,33)/t26-,30-/m1/s1. The molecule has 0 saturated heterocycles. The van der Waals surface area contributed by atoms with Crippen LogP contribution in [0.3, 0.4) is 0 Å². The zero-order valence-corrected chi connectivity index (χ0v) is 20.2. The van der Waals surface area contributed by atoms with E-state index in [2.05, 4.69) is 32.9 Å². The first kappa shape index (κ1) is 22.6. The third-order valence-electron chi connectivity index (χ3n) is 7.54. The highest BCUT2D eigenvalue weighted by Gasteiger charge is 2.61. The monoisotopic (exact) mass is 458 g/mol. The van der Waals surface area contributed by atoms with E-state index in [1.807, 2.05) is 37.3 Å². The van der Waals surface area contributed by atoms with Gasteiger partial charge >= 0.3 is 5.97 Å². The predicted octanol–water partition coefficient (Wildman–Crippen LogP) is 6.97. The average Bonchev–Trinajstić information content (AvgIpc) is 3.43. The number of carboxylic acids is 1. The first-order valence-corrected chi connectivity index (χ1v) is 12.0. The van der Waals surface area contributed by atoms with Gasteiger partial charge in [-0.25, -0.2) is 4.39 Å². The highest BCUT2D eigenvalue weighted by atomic mass is 19.1. The number of benzene rings is 3. The second-order valence-corrected chi connectivity index (χ2v) is 11.0. The highest BCUT2D eigenvalue weighted by molar-refractivity contribution is 5.78. The minimum Gasteiger partial charge on any atom is -0.489 e. The van der Waals surface area contributed by atoms with Gasteiger partial charge in [-0.3, -0.25) is 4.79 Å². The van der Waals surface area contributed by atoms with Crippen LogP contribution in [0.15, 0.2) is 54.6 Å². The van der Waals surface area contributed by atoms with Gasteiger partial charge in [-0.15, -0.1) is 0 Å². The van der Waals surface area contributed by atoms with Crippen molar-refractivity contribution in [3.8, 4) is 16.9 Å². The van der Waals surface area contributed by atoms with Crippen molar-refractivity contribution in [1.82, 2.24) is 0 Å². The maximum absolute atomic E-state index is 14.8. The number of ether oxygens (including phenoxy) is 1. The molecule has 0 radical (unpaired) electrons. The summed E-state index contributed by atoms with van der Waals surface area (Å²) in [6.45, 7) is 8.75. The van der Waals surface area contributed by atoms with Crippen molar-refractivity contribution in [2.75, 3.05) is 0 Å². The number of aliphatic carboxylic acids is 1. The van der Waals surface area contributed by atoms with E-state index in [-0.39, 0.29) is 22.6 Å². The van der Waals surface area contributed by atoms with Gasteiger partial charge < -0.3 is 9.84 Å². The summed E-state index contributed by atoms with van der Waals surface area (Å²) in [5.74, 6) is -0.454. The van der Waals surface area contributed by atoms with Crippen molar-refractivity contribution in [3.05, 3.63) is 88.2 Å². The number of aryl methyl sites for hydroxylation is 2. The van der Waals surface area contributed by atoms with Crippen LogP contribution in [0.25, 0.3) is 11.1 Å². The molecule has 4 heteroatoms. The quantitative estimate of drug-likeness (QED) is 0.449. The molecule has 1 fully saturated rings. The number of hydrogen-bond acceptors (Lipinski definition) is 2. The Hall–Kier alpha value is -3.14. The Kier molecular flexibility index (Phi) is 5.31. The lowest BCUT2D eigenvalue weighted by atomic mass is 9.81. The Bertz CT molecular complexity index is 1290. The SMILES string of the molecule is Cc1ccc(F)c(-c2cc(COc3ccc4c(c3)[C@@]3(CC4)C[C@@H]3C(=O)O)ccc2C(C)(C)C)c1. The summed E-state index contributed by atoms with van der Waals surface area (Å²) in [5.41, 5.74) is 6.62. The van der Waals surface area contributed by atoms with Crippen LogP contribution < -0.4 is 4.74 Å². The lowest BCUT2D eigenvalue weighted by Crippen LogP contribution is -2.14. The van der Waals surface area contributed by atoms with Crippen LogP contribution >= 0.6 is 0 Å². The average molecular weight is 459 g/mol. The van der Waals surface area contributed by atoms with E-state index in [0.29, 0.717) is 12.2 Å². The fraction of sp³-hybridized carbons (Fsp3) is 0.367. The molecule has 5 rings (SSSR count). The molecule has 1 spiro atoms. The van der Waals surface area contributed by atoms with Gasteiger partial charge in [-0.2, -0.15) is 0 Å². The van der Waals surface area contributed by atoms with Crippen LogP contribution in [0.5, 0.6) is 5.75 Å². The molecule has 3 aromatic rings. The van der Waals surface area contributed by atoms with Crippen LogP contribution in [-0.2, 0) is 28.7 Å². The van der Waals surface area contributed by atoms with Gasteiger partial charge in [0.25, 0.3) is 0 Å². The number of carboxylic acid groups (broad SMARTS) is 1. The highest BCUT2D eigenvalue weighted by Crippen LogP contribution is 2.62. The Morgan fingerprint density at radius 3 is 2.59 bits per heavy atom. The summed E-state index contributed by atoms with van der Waals surface area (Å²) in [5, 5.41) is 9.50. The van der Waals surface area contributed by atoms with Gasteiger partial charge in [0.15, 0.2) is 0 Å². The third kappa shape index (κ3) is 3.89. The Labute approximate surface area is 200 Å². The first-order chi connectivity index (χ1) is 16.1. The molecule has 176 valence electrons. The maximum Gasteiger partial charge on any atom is 0.307 e. The largest absolute Gasteiger partial charge is 0.489 e. The molecule has 0 amide bonds. The lowest BCUT2D eigenvalue weighted by Gasteiger charge is -2.24. The van der Waals surface area contributed by atoms with Crippen LogP contribution in [0, 0.1) is 18.7 Å². The second-order valence-electron chi connectivity index (χ2n) is 11.0. The van der Waals surface area contributed by atoms with Crippen LogP contribution in [0.2, 0.25) is 0 Å². The lowest BCUT2D eigenvalue weighted by molar-refractivity contribution is -0.139. The molecule has 2 aliphatic rings. The zero-order valence-electron chi connectivity index (χ0n) is 20.2. The molecule has 2 atom stereocenters. The summed E-state index contributed by atoms with van der Waals surface area (Å²) in [6.07, 6.45) is 2.56. The van der Waals surface area contributed by atoms with E-state index in [1.165, 1.54) is 11.6 Å². The molecule has 0 aromatic heterocycles. The van der Waals surface area contributed by atoms with Crippen LogP contribution in [-0.4, -0.2) is 11.1 Å². The van der Waals surface area contributed by atoms with Crippen LogP contribution in [0.1, 0.15) is 61.4 Å². The van der Waals surface area contributed by atoms with E-state index in [9.17, 15) is 14.3 Å². The van der Waals surface area contributed by atoms with E-state index in [4.69, 9.17) is 4.74 Å². The molecule has 0 heterocycles. The fourth-order valence-electron chi connectivity index (χ4n) is 5.59. The Morgan fingerprint density at radius 1 is 1.09 bits per heavy atom. The maximum atomic E-state index is 14.8. The number of rotatable bonds is 5. The van der Waals surface area contributed by atoms with Gasteiger partial charge in [-0.05, 0) is 89.8 Å². The minimum atomic E-state index is -0.700. The molecule has 2 aliphatic carbocycles. The van der Waals surface area contributed by atoms with Gasteiger partial charge in [0, 0.05) is 11.0 Å².